The highest BCUT2D eigenvalue weighted by Gasteiger charge is 2.26. The molecular weight excluding hydrogens is 516 g/mol. The quantitative estimate of drug-likeness (QED) is 0.174. The average molecular weight is 559 g/mol. The van der Waals surface area contributed by atoms with E-state index >= 15 is 0 Å². The van der Waals surface area contributed by atoms with Crippen LogP contribution in [0.5, 0.6) is 0 Å². The summed E-state index contributed by atoms with van der Waals surface area (Å²) >= 11 is 0. The Labute approximate surface area is 257 Å². The summed E-state index contributed by atoms with van der Waals surface area (Å²) in [5, 5.41) is 5.32. The van der Waals surface area contributed by atoms with E-state index < -0.39 is 0 Å². The zero-order valence-corrected chi connectivity index (χ0v) is 26.1. The summed E-state index contributed by atoms with van der Waals surface area (Å²) < 4.78 is 0. The van der Waals surface area contributed by atoms with Crippen molar-refractivity contribution < 1.29 is 0 Å². The van der Waals surface area contributed by atoms with E-state index in [4.69, 9.17) is 0 Å². The first-order chi connectivity index (χ1) is 21.1. The summed E-state index contributed by atoms with van der Waals surface area (Å²) in [6.07, 6.45) is 5.77. The molecule has 0 amide bonds. The fourth-order valence-electron chi connectivity index (χ4n) is 7.70. The van der Waals surface area contributed by atoms with E-state index in [1.807, 2.05) is 0 Å². The summed E-state index contributed by atoms with van der Waals surface area (Å²) in [7, 11) is 0. The van der Waals surface area contributed by atoms with E-state index in [0.717, 1.165) is 6.42 Å². The second kappa shape index (κ2) is 11.5. The highest BCUT2D eigenvalue weighted by atomic mass is 14.3. The molecule has 0 fully saturated rings. The third-order valence-electron chi connectivity index (χ3n) is 9.89. The van der Waals surface area contributed by atoms with E-state index in [1.54, 1.807) is 0 Å². The third kappa shape index (κ3) is 4.88. The lowest BCUT2D eigenvalue weighted by Crippen LogP contribution is -2.00. The third-order valence-corrected chi connectivity index (χ3v) is 9.89. The molecule has 1 aliphatic rings. The van der Waals surface area contributed by atoms with Crippen molar-refractivity contribution in [1.82, 2.24) is 0 Å². The zero-order valence-electron chi connectivity index (χ0n) is 26.1. The summed E-state index contributed by atoms with van der Waals surface area (Å²) in [6, 6.07) is 41.6. The van der Waals surface area contributed by atoms with Crippen molar-refractivity contribution in [2.45, 2.75) is 71.6 Å². The van der Waals surface area contributed by atoms with Gasteiger partial charge in [-0.1, -0.05) is 125 Å². The topological polar surface area (TPSA) is 0 Å². The van der Waals surface area contributed by atoms with Gasteiger partial charge >= 0.3 is 0 Å². The van der Waals surface area contributed by atoms with Gasteiger partial charge in [0.25, 0.3) is 0 Å². The SMILES string of the molecule is CCCC(C)c1cc2c(cc1-c1cccc3ccccc13)Cc1cc(-c3cccc4ccccc34)c(C(C)CCC)cc1-2. The van der Waals surface area contributed by atoms with Crippen molar-refractivity contribution in [2.24, 2.45) is 0 Å². The van der Waals surface area contributed by atoms with Crippen LogP contribution in [0.1, 0.15) is 87.5 Å². The molecule has 0 N–H and O–H groups in total. The van der Waals surface area contributed by atoms with Crippen LogP contribution < -0.4 is 0 Å². The lowest BCUT2D eigenvalue weighted by molar-refractivity contribution is 0.666. The molecular formula is C43H42. The van der Waals surface area contributed by atoms with Crippen LogP contribution in [0.3, 0.4) is 0 Å². The van der Waals surface area contributed by atoms with Gasteiger partial charge in [0.05, 0.1) is 0 Å². The van der Waals surface area contributed by atoms with Crippen molar-refractivity contribution in [3.8, 4) is 33.4 Å². The Kier molecular flexibility index (Phi) is 7.39. The number of fused-ring (bicyclic) bond motifs is 5. The van der Waals surface area contributed by atoms with Gasteiger partial charge in [-0.3, -0.25) is 0 Å². The molecule has 0 radical (unpaired) electrons. The lowest BCUT2D eigenvalue weighted by Gasteiger charge is -2.21. The monoisotopic (exact) mass is 558 g/mol. The molecule has 2 atom stereocenters. The maximum Gasteiger partial charge on any atom is -0.00130 e. The Bertz CT molecular complexity index is 1800. The van der Waals surface area contributed by atoms with Crippen molar-refractivity contribution in [2.75, 3.05) is 0 Å². The first kappa shape index (κ1) is 27.7. The Morgan fingerprint density at radius 2 is 0.884 bits per heavy atom. The highest BCUT2D eigenvalue weighted by Crippen LogP contribution is 2.47. The molecule has 0 heteroatoms. The van der Waals surface area contributed by atoms with Gasteiger partial charge in [0, 0.05) is 0 Å². The number of rotatable bonds is 8. The second-order valence-electron chi connectivity index (χ2n) is 12.8. The van der Waals surface area contributed by atoms with E-state index in [2.05, 4.69) is 137 Å². The first-order valence-electron chi connectivity index (χ1n) is 16.4. The van der Waals surface area contributed by atoms with E-state index in [0.29, 0.717) is 11.8 Å². The number of hydrogen-bond acceptors (Lipinski definition) is 0. The molecule has 0 spiro atoms. The van der Waals surface area contributed by atoms with Crippen LogP contribution in [-0.2, 0) is 6.42 Å². The normalized spacial score (nSPS) is 13.7. The molecule has 214 valence electrons. The predicted octanol–water partition coefficient (Wildman–Crippen LogP) is 12.7. The Balaban J connectivity index is 1.44. The van der Waals surface area contributed by atoms with Crippen LogP contribution in [0.25, 0.3) is 54.9 Å². The molecule has 0 saturated heterocycles. The van der Waals surface area contributed by atoms with Gasteiger partial charge in [0.15, 0.2) is 0 Å². The fraction of sp³-hybridized carbons (Fsp3) is 0.256. The van der Waals surface area contributed by atoms with Crippen LogP contribution >= 0.6 is 0 Å². The molecule has 6 aromatic rings. The molecule has 0 nitrogen and oxygen atoms in total. The highest BCUT2D eigenvalue weighted by molar-refractivity contribution is 6.00. The van der Waals surface area contributed by atoms with Crippen LogP contribution in [0.4, 0.5) is 0 Å². The van der Waals surface area contributed by atoms with Gasteiger partial charge in [-0.15, -0.1) is 0 Å². The summed E-state index contributed by atoms with van der Waals surface area (Å²) in [6.45, 7) is 9.47. The van der Waals surface area contributed by atoms with Gasteiger partial charge in [-0.05, 0) is 133 Å². The minimum absolute atomic E-state index is 0.502. The van der Waals surface area contributed by atoms with Crippen LogP contribution in [0.2, 0.25) is 0 Å². The van der Waals surface area contributed by atoms with Gasteiger partial charge in [0.2, 0.25) is 0 Å². The molecule has 0 saturated carbocycles. The van der Waals surface area contributed by atoms with Crippen LogP contribution in [0.15, 0.2) is 109 Å². The first-order valence-corrected chi connectivity index (χ1v) is 16.4. The van der Waals surface area contributed by atoms with Gasteiger partial charge in [-0.2, -0.15) is 0 Å². The molecule has 0 bridgehead atoms. The lowest BCUT2D eigenvalue weighted by atomic mass is 9.83. The molecule has 43 heavy (non-hydrogen) atoms. The molecule has 7 rings (SSSR count). The van der Waals surface area contributed by atoms with Gasteiger partial charge in [0.1, 0.15) is 0 Å². The van der Waals surface area contributed by atoms with Crippen LogP contribution in [0, 0.1) is 0 Å². The summed E-state index contributed by atoms with van der Waals surface area (Å²) in [4.78, 5) is 0. The molecule has 1 aliphatic carbocycles. The van der Waals surface area contributed by atoms with Gasteiger partial charge in [-0.25, -0.2) is 0 Å². The van der Waals surface area contributed by atoms with Crippen molar-refractivity contribution in [3.05, 3.63) is 131 Å². The molecule has 0 aliphatic heterocycles. The molecule has 2 unspecified atom stereocenters. The van der Waals surface area contributed by atoms with E-state index in [9.17, 15) is 0 Å². The Morgan fingerprint density at radius 3 is 1.33 bits per heavy atom. The maximum absolute atomic E-state index is 2.57. The number of benzene rings is 6. The minimum Gasteiger partial charge on any atom is -0.0654 e. The number of hydrogen-bond donors (Lipinski definition) is 0. The van der Waals surface area contributed by atoms with E-state index in [1.165, 1.54) is 103 Å². The van der Waals surface area contributed by atoms with E-state index in [-0.39, 0.29) is 0 Å². The molecule has 0 heterocycles. The van der Waals surface area contributed by atoms with Crippen molar-refractivity contribution in [3.63, 3.8) is 0 Å². The maximum atomic E-state index is 2.57. The molecule has 6 aromatic carbocycles. The standard InChI is InChI=1S/C43H42/c1-5-13-28(3)38-26-40-32(24-42(38)36-21-11-17-30-15-7-9-19-34(30)36)23-33-25-43(39(27-41(33)40)29(4)14-6-2)37-22-12-18-31-16-8-10-20-35(31)37/h7-12,15-22,24-29H,5-6,13-14,23H2,1-4H3. The minimum atomic E-state index is 0.502. The summed E-state index contributed by atoms with van der Waals surface area (Å²) in [5.41, 5.74) is 14.4. The zero-order chi connectivity index (χ0) is 29.5. The largest absolute Gasteiger partial charge is 0.0654 e. The predicted molar refractivity (Wildman–Crippen MR) is 187 cm³/mol. The Morgan fingerprint density at radius 1 is 0.465 bits per heavy atom. The molecule has 0 aromatic heterocycles. The van der Waals surface area contributed by atoms with Crippen molar-refractivity contribution >= 4 is 21.5 Å². The smallest absolute Gasteiger partial charge is 0.00130 e. The second-order valence-corrected chi connectivity index (χ2v) is 12.8. The van der Waals surface area contributed by atoms with Crippen LogP contribution in [-0.4, -0.2) is 0 Å². The van der Waals surface area contributed by atoms with Crippen molar-refractivity contribution in [1.29, 1.82) is 0 Å². The summed E-state index contributed by atoms with van der Waals surface area (Å²) in [5.74, 6) is 1.00. The van der Waals surface area contributed by atoms with Gasteiger partial charge < -0.3 is 0 Å². The fourth-order valence-corrected chi connectivity index (χ4v) is 7.70. The average Bonchev–Trinajstić information content (AvgIpc) is 3.39. The Hall–Kier alpha value is -4.16.